The second-order valence-electron chi connectivity index (χ2n) is 7.24. The fraction of sp³-hybridized carbons (Fsp3) is 0.381. The first kappa shape index (κ1) is 17.3. The SMILES string of the molecule is O=C(NC1CC2(CCCCC2)Oc2ccccc21)c1ccc(Cl)cc1F. The van der Waals surface area contributed by atoms with E-state index in [-0.39, 0.29) is 22.2 Å². The van der Waals surface area contributed by atoms with Crippen LogP contribution in [0.5, 0.6) is 5.75 Å². The third-order valence-corrected chi connectivity index (χ3v) is 5.68. The lowest BCUT2D eigenvalue weighted by Crippen LogP contribution is -2.46. The van der Waals surface area contributed by atoms with Gasteiger partial charge >= 0.3 is 0 Å². The molecule has 1 spiro atoms. The maximum atomic E-state index is 14.1. The molecule has 1 heterocycles. The molecule has 5 heteroatoms. The van der Waals surface area contributed by atoms with E-state index in [0.717, 1.165) is 43.1 Å². The summed E-state index contributed by atoms with van der Waals surface area (Å²) in [4.78, 5) is 12.7. The second kappa shape index (κ2) is 6.92. The molecule has 4 rings (SSSR count). The largest absolute Gasteiger partial charge is 0.487 e. The monoisotopic (exact) mass is 373 g/mol. The van der Waals surface area contributed by atoms with Gasteiger partial charge in [0.15, 0.2) is 0 Å². The Morgan fingerprint density at radius 2 is 1.92 bits per heavy atom. The van der Waals surface area contributed by atoms with Gasteiger partial charge in [-0.15, -0.1) is 0 Å². The van der Waals surface area contributed by atoms with Crippen LogP contribution in [0.2, 0.25) is 5.02 Å². The van der Waals surface area contributed by atoms with Gasteiger partial charge in [-0.3, -0.25) is 4.79 Å². The fourth-order valence-corrected chi connectivity index (χ4v) is 4.32. The van der Waals surface area contributed by atoms with Crippen molar-refractivity contribution >= 4 is 17.5 Å². The van der Waals surface area contributed by atoms with Crippen molar-refractivity contribution in [3.8, 4) is 5.75 Å². The number of ether oxygens (including phenoxy) is 1. The second-order valence-corrected chi connectivity index (χ2v) is 7.67. The minimum Gasteiger partial charge on any atom is -0.487 e. The van der Waals surface area contributed by atoms with Gasteiger partial charge in [0.2, 0.25) is 0 Å². The van der Waals surface area contributed by atoms with Crippen LogP contribution in [0.25, 0.3) is 0 Å². The standard InChI is InChI=1S/C21H21ClFNO2/c22-14-8-9-15(17(23)12-14)20(25)24-18-13-21(10-4-1-5-11-21)26-19-7-3-2-6-16(18)19/h2-3,6-9,12,18H,1,4-5,10-11,13H2,(H,24,25). The van der Waals surface area contributed by atoms with E-state index in [0.29, 0.717) is 6.42 Å². The van der Waals surface area contributed by atoms with Crippen LogP contribution in [-0.2, 0) is 0 Å². The van der Waals surface area contributed by atoms with Crippen molar-refractivity contribution in [1.82, 2.24) is 5.32 Å². The summed E-state index contributed by atoms with van der Waals surface area (Å²) in [5.41, 5.74) is 0.728. The maximum Gasteiger partial charge on any atom is 0.254 e. The van der Waals surface area contributed by atoms with E-state index in [9.17, 15) is 9.18 Å². The summed E-state index contributed by atoms with van der Waals surface area (Å²) in [7, 11) is 0. The highest BCUT2D eigenvalue weighted by molar-refractivity contribution is 6.30. The van der Waals surface area contributed by atoms with E-state index >= 15 is 0 Å². The van der Waals surface area contributed by atoms with Gasteiger partial charge < -0.3 is 10.1 Å². The van der Waals surface area contributed by atoms with E-state index in [2.05, 4.69) is 5.32 Å². The lowest BCUT2D eigenvalue weighted by atomic mass is 9.77. The minimum absolute atomic E-state index is 0.0102. The third-order valence-electron chi connectivity index (χ3n) is 5.44. The molecule has 1 atom stereocenters. The number of nitrogens with one attached hydrogen (secondary N) is 1. The molecule has 26 heavy (non-hydrogen) atoms. The highest BCUT2D eigenvalue weighted by Gasteiger charge is 2.42. The molecule has 1 N–H and O–H groups in total. The Hall–Kier alpha value is -2.07. The Morgan fingerprint density at radius 3 is 2.69 bits per heavy atom. The molecule has 1 amide bonds. The molecule has 1 fully saturated rings. The van der Waals surface area contributed by atoms with Gasteiger partial charge in [0.1, 0.15) is 17.2 Å². The molecule has 0 radical (unpaired) electrons. The van der Waals surface area contributed by atoms with Gasteiger partial charge in [-0.25, -0.2) is 4.39 Å². The predicted molar refractivity (Wildman–Crippen MR) is 99.1 cm³/mol. The van der Waals surface area contributed by atoms with E-state index < -0.39 is 11.7 Å². The number of benzene rings is 2. The van der Waals surface area contributed by atoms with Gasteiger partial charge in [-0.1, -0.05) is 36.2 Å². The number of amides is 1. The number of carbonyl (C=O) groups excluding carboxylic acids is 1. The fourth-order valence-electron chi connectivity index (χ4n) is 4.16. The van der Waals surface area contributed by atoms with E-state index in [1.165, 1.54) is 18.6 Å². The van der Waals surface area contributed by atoms with Gasteiger partial charge in [-0.05, 0) is 49.9 Å². The summed E-state index contributed by atoms with van der Waals surface area (Å²) in [6.07, 6.45) is 6.18. The van der Waals surface area contributed by atoms with Crippen LogP contribution in [0.3, 0.4) is 0 Å². The number of rotatable bonds is 2. The summed E-state index contributed by atoms with van der Waals surface area (Å²) in [5.74, 6) is -0.211. The Kier molecular flexibility index (Phi) is 4.62. The van der Waals surface area contributed by atoms with Crippen molar-refractivity contribution in [3.63, 3.8) is 0 Å². The molecule has 0 saturated heterocycles. The van der Waals surface area contributed by atoms with Crippen molar-refractivity contribution in [2.24, 2.45) is 0 Å². The lowest BCUT2D eigenvalue weighted by Gasteiger charge is -2.44. The van der Waals surface area contributed by atoms with E-state index in [4.69, 9.17) is 16.3 Å². The summed E-state index contributed by atoms with van der Waals surface area (Å²) in [6, 6.07) is 11.7. The van der Waals surface area contributed by atoms with Gasteiger partial charge in [0, 0.05) is 17.0 Å². The molecule has 1 aliphatic heterocycles. The van der Waals surface area contributed by atoms with Gasteiger partial charge in [-0.2, -0.15) is 0 Å². The van der Waals surface area contributed by atoms with Crippen LogP contribution < -0.4 is 10.1 Å². The molecule has 1 unspecified atom stereocenters. The zero-order valence-corrected chi connectivity index (χ0v) is 15.2. The van der Waals surface area contributed by atoms with Crippen LogP contribution in [0.1, 0.15) is 60.5 Å². The maximum absolute atomic E-state index is 14.1. The molecular formula is C21H21ClFNO2. The highest BCUT2D eigenvalue weighted by atomic mass is 35.5. The van der Waals surface area contributed by atoms with Crippen molar-refractivity contribution in [2.45, 2.75) is 50.2 Å². The number of hydrogen-bond acceptors (Lipinski definition) is 2. The first-order valence-corrected chi connectivity index (χ1v) is 9.48. The van der Waals surface area contributed by atoms with Crippen LogP contribution in [0.4, 0.5) is 4.39 Å². The zero-order valence-electron chi connectivity index (χ0n) is 14.4. The number of halogens is 2. The van der Waals surface area contributed by atoms with Crippen LogP contribution in [0.15, 0.2) is 42.5 Å². The Balaban J connectivity index is 1.62. The number of hydrogen-bond donors (Lipinski definition) is 1. The average molecular weight is 374 g/mol. The smallest absolute Gasteiger partial charge is 0.254 e. The highest BCUT2D eigenvalue weighted by Crippen LogP contribution is 2.46. The summed E-state index contributed by atoms with van der Waals surface area (Å²) in [6.45, 7) is 0. The summed E-state index contributed by atoms with van der Waals surface area (Å²) in [5, 5.41) is 3.30. The van der Waals surface area contributed by atoms with Crippen molar-refractivity contribution in [1.29, 1.82) is 0 Å². The molecule has 0 bridgehead atoms. The van der Waals surface area contributed by atoms with E-state index in [1.54, 1.807) is 0 Å². The van der Waals surface area contributed by atoms with Crippen molar-refractivity contribution in [2.75, 3.05) is 0 Å². The van der Waals surface area contributed by atoms with E-state index in [1.807, 2.05) is 24.3 Å². The number of fused-ring (bicyclic) bond motifs is 1. The molecular weight excluding hydrogens is 353 g/mol. The summed E-state index contributed by atoms with van der Waals surface area (Å²) >= 11 is 5.79. The number of carbonyl (C=O) groups is 1. The predicted octanol–water partition coefficient (Wildman–Crippen LogP) is 5.44. The number of para-hydroxylation sites is 1. The van der Waals surface area contributed by atoms with Crippen LogP contribution >= 0.6 is 11.6 Å². The Morgan fingerprint density at radius 1 is 1.15 bits per heavy atom. The quantitative estimate of drug-likeness (QED) is 0.761. The minimum atomic E-state index is -0.609. The first-order valence-electron chi connectivity index (χ1n) is 9.10. The molecule has 3 nitrogen and oxygen atoms in total. The van der Waals surface area contributed by atoms with Gasteiger partial charge in [0.05, 0.1) is 11.6 Å². The van der Waals surface area contributed by atoms with Gasteiger partial charge in [0.25, 0.3) is 5.91 Å². The third kappa shape index (κ3) is 3.30. The molecule has 2 aromatic carbocycles. The Labute approximate surface area is 157 Å². The van der Waals surface area contributed by atoms with Crippen LogP contribution in [-0.4, -0.2) is 11.5 Å². The topological polar surface area (TPSA) is 38.3 Å². The lowest BCUT2D eigenvalue weighted by molar-refractivity contribution is -0.00211. The molecule has 1 saturated carbocycles. The van der Waals surface area contributed by atoms with Crippen LogP contribution in [0, 0.1) is 5.82 Å². The molecule has 136 valence electrons. The Bertz CT molecular complexity index is 833. The summed E-state index contributed by atoms with van der Waals surface area (Å²) < 4.78 is 20.5. The average Bonchev–Trinajstić information content (AvgIpc) is 2.62. The molecule has 0 aromatic heterocycles. The molecule has 2 aromatic rings. The first-order chi connectivity index (χ1) is 12.6. The van der Waals surface area contributed by atoms with Crippen molar-refractivity contribution < 1.29 is 13.9 Å². The normalized spacial score (nSPS) is 20.9. The molecule has 1 aliphatic carbocycles. The van der Waals surface area contributed by atoms with Crippen molar-refractivity contribution in [3.05, 3.63) is 64.4 Å². The zero-order chi connectivity index (χ0) is 18.1. The molecule has 2 aliphatic rings.